The second kappa shape index (κ2) is 3.09. The Morgan fingerprint density at radius 1 is 1.67 bits per heavy atom. The molecule has 0 radical (unpaired) electrons. The highest BCUT2D eigenvalue weighted by Crippen LogP contribution is 2.32. The number of rotatable bonds is 2. The summed E-state index contributed by atoms with van der Waals surface area (Å²) in [6.45, 7) is 3.19. The van der Waals surface area contributed by atoms with E-state index in [2.05, 4.69) is 29.3 Å². The van der Waals surface area contributed by atoms with Gasteiger partial charge in [0.15, 0.2) is 0 Å². The van der Waals surface area contributed by atoms with Crippen molar-refractivity contribution in [2.24, 2.45) is 16.8 Å². The summed E-state index contributed by atoms with van der Waals surface area (Å²) in [5.41, 5.74) is 0. The smallest absolute Gasteiger partial charge is 0.0585 e. The van der Waals surface area contributed by atoms with Crippen LogP contribution in [0.15, 0.2) is 4.99 Å². The Morgan fingerprint density at radius 2 is 2.33 bits per heavy atom. The van der Waals surface area contributed by atoms with Crippen LogP contribution in [0.5, 0.6) is 0 Å². The molecule has 1 aliphatic rings. The molecule has 1 aliphatic carbocycles. The summed E-state index contributed by atoms with van der Waals surface area (Å²) in [5.74, 6) is 1.74. The van der Waals surface area contributed by atoms with Crippen molar-refractivity contribution in [3.63, 3.8) is 0 Å². The second-order valence-electron chi connectivity index (χ2n) is 2.87. The summed E-state index contributed by atoms with van der Waals surface area (Å²) in [5, 5.41) is 2.39. The normalized spacial score (nSPS) is 32.6. The maximum atomic E-state index is 4.46. The number of hydrogen-bond donors (Lipinski definition) is 0. The van der Waals surface area contributed by atoms with Gasteiger partial charge in [-0.2, -0.15) is 0 Å². The summed E-state index contributed by atoms with van der Waals surface area (Å²) < 4.78 is 0. The minimum absolute atomic E-state index is 0.815. The van der Waals surface area contributed by atoms with Crippen LogP contribution < -0.4 is 0 Å². The fraction of sp³-hybridized carbons (Fsp3) is 0.857. The van der Waals surface area contributed by atoms with Crippen molar-refractivity contribution in [3.05, 3.63) is 0 Å². The van der Waals surface area contributed by atoms with Crippen molar-refractivity contribution in [2.75, 3.05) is 6.54 Å². The first-order valence-electron chi connectivity index (χ1n) is 3.36. The molecule has 0 aromatic carbocycles. The molecule has 1 rings (SSSR count). The maximum Gasteiger partial charge on any atom is 0.0585 e. The van der Waals surface area contributed by atoms with Gasteiger partial charge in [0.25, 0.3) is 0 Å². The molecule has 0 amide bonds. The highest BCUT2D eigenvalue weighted by molar-refractivity contribution is 7.78. The molecule has 0 saturated heterocycles. The molecule has 1 nitrogen and oxygen atoms in total. The first kappa shape index (κ1) is 6.91. The number of thiocarbonyl (C=S) groups is 1. The molecular formula is C7H11NS. The van der Waals surface area contributed by atoms with Gasteiger partial charge in [0.2, 0.25) is 0 Å². The van der Waals surface area contributed by atoms with Gasteiger partial charge in [-0.3, -0.25) is 0 Å². The zero-order chi connectivity index (χ0) is 6.69. The summed E-state index contributed by atoms with van der Waals surface area (Å²) in [6, 6.07) is 0. The molecule has 1 saturated carbocycles. The Morgan fingerprint density at radius 3 is 2.78 bits per heavy atom. The Hall–Kier alpha value is -0.200. The van der Waals surface area contributed by atoms with E-state index in [1.165, 1.54) is 12.8 Å². The van der Waals surface area contributed by atoms with Gasteiger partial charge in [-0.15, -0.1) is 0 Å². The Balaban J connectivity index is 2.10. The van der Waals surface area contributed by atoms with Crippen LogP contribution in [0, 0.1) is 11.8 Å². The third-order valence-electron chi connectivity index (χ3n) is 1.89. The predicted molar refractivity (Wildman–Crippen MR) is 41.8 cm³/mol. The van der Waals surface area contributed by atoms with Crippen LogP contribution >= 0.6 is 12.2 Å². The van der Waals surface area contributed by atoms with Crippen LogP contribution in [0.2, 0.25) is 0 Å². The number of aliphatic imine (C=N–C) groups is 1. The molecule has 0 bridgehead atoms. The SMILES string of the molecule is CC1CC(CN=C=S)C1. The molecule has 9 heavy (non-hydrogen) atoms. The molecule has 0 unspecified atom stereocenters. The van der Waals surface area contributed by atoms with Crippen LogP contribution in [0.1, 0.15) is 19.8 Å². The number of nitrogens with zero attached hydrogens (tertiary/aromatic N) is 1. The summed E-state index contributed by atoms with van der Waals surface area (Å²) in [6.07, 6.45) is 2.67. The van der Waals surface area contributed by atoms with E-state index in [0.717, 1.165) is 18.4 Å². The van der Waals surface area contributed by atoms with Gasteiger partial charge in [-0.05, 0) is 36.9 Å². The van der Waals surface area contributed by atoms with Crippen molar-refractivity contribution in [3.8, 4) is 0 Å². The molecule has 0 atom stereocenters. The van der Waals surface area contributed by atoms with Crippen molar-refractivity contribution in [1.29, 1.82) is 0 Å². The van der Waals surface area contributed by atoms with E-state index in [-0.39, 0.29) is 0 Å². The third kappa shape index (κ3) is 1.88. The average Bonchev–Trinajstić information content (AvgIpc) is 1.78. The maximum absolute atomic E-state index is 4.46. The molecule has 50 valence electrons. The van der Waals surface area contributed by atoms with E-state index >= 15 is 0 Å². The largest absolute Gasteiger partial charge is 0.232 e. The van der Waals surface area contributed by atoms with E-state index in [0.29, 0.717) is 0 Å². The van der Waals surface area contributed by atoms with Gasteiger partial charge in [0, 0.05) is 0 Å². The van der Waals surface area contributed by atoms with Gasteiger partial charge < -0.3 is 0 Å². The Bertz CT molecular complexity index is 132. The lowest BCUT2D eigenvalue weighted by Gasteiger charge is -2.30. The van der Waals surface area contributed by atoms with Crippen molar-refractivity contribution in [2.45, 2.75) is 19.8 Å². The van der Waals surface area contributed by atoms with Crippen molar-refractivity contribution < 1.29 is 0 Å². The monoisotopic (exact) mass is 141 g/mol. The molecule has 0 aromatic heterocycles. The Kier molecular flexibility index (Phi) is 2.38. The highest BCUT2D eigenvalue weighted by atomic mass is 32.1. The third-order valence-corrected chi connectivity index (χ3v) is 2.01. The molecule has 0 spiro atoms. The van der Waals surface area contributed by atoms with E-state index in [9.17, 15) is 0 Å². The average molecular weight is 141 g/mol. The van der Waals surface area contributed by atoms with Crippen molar-refractivity contribution in [1.82, 2.24) is 0 Å². The van der Waals surface area contributed by atoms with Gasteiger partial charge in [-0.25, -0.2) is 4.99 Å². The lowest BCUT2D eigenvalue weighted by Crippen LogP contribution is -2.23. The van der Waals surface area contributed by atoms with Gasteiger partial charge in [0.1, 0.15) is 0 Å². The minimum atomic E-state index is 0.815. The second-order valence-corrected chi connectivity index (χ2v) is 3.06. The quantitative estimate of drug-likeness (QED) is 0.424. The van der Waals surface area contributed by atoms with Gasteiger partial charge in [-0.1, -0.05) is 6.92 Å². The summed E-state index contributed by atoms with van der Waals surface area (Å²) in [7, 11) is 0. The predicted octanol–water partition coefficient (Wildman–Crippen LogP) is 2.14. The molecule has 0 N–H and O–H groups in total. The summed E-state index contributed by atoms with van der Waals surface area (Å²) in [4.78, 5) is 3.89. The zero-order valence-corrected chi connectivity index (χ0v) is 6.45. The van der Waals surface area contributed by atoms with E-state index in [1.807, 2.05) is 0 Å². The fourth-order valence-corrected chi connectivity index (χ4v) is 1.46. The Labute approximate surface area is 61.2 Å². The van der Waals surface area contributed by atoms with Crippen LogP contribution in [-0.2, 0) is 0 Å². The summed E-state index contributed by atoms with van der Waals surface area (Å²) >= 11 is 4.46. The molecular weight excluding hydrogens is 130 g/mol. The van der Waals surface area contributed by atoms with Crippen LogP contribution in [0.4, 0.5) is 0 Å². The first-order valence-corrected chi connectivity index (χ1v) is 3.77. The molecule has 1 fully saturated rings. The van der Waals surface area contributed by atoms with Crippen molar-refractivity contribution >= 4 is 17.4 Å². The lowest BCUT2D eigenvalue weighted by molar-refractivity contribution is 0.221. The molecule has 0 aliphatic heterocycles. The topological polar surface area (TPSA) is 12.4 Å². The molecule has 0 aromatic rings. The number of isothiocyanates is 1. The van der Waals surface area contributed by atoms with Crippen LogP contribution in [0.25, 0.3) is 0 Å². The zero-order valence-electron chi connectivity index (χ0n) is 5.63. The lowest BCUT2D eigenvalue weighted by atomic mass is 9.76. The fourth-order valence-electron chi connectivity index (χ4n) is 1.38. The van der Waals surface area contributed by atoms with Gasteiger partial charge in [0.05, 0.1) is 11.7 Å². The van der Waals surface area contributed by atoms with E-state index < -0.39 is 0 Å². The first-order chi connectivity index (χ1) is 4.33. The standard InChI is InChI=1S/C7H11NS/c1-6-2-7(3-6)4-8-5-9/h6-7H,2-4H2,1H3. The minimum Gasteiger partial charge on any atom is -0.232 e. The van der Waals surface area contributed by atoms with E-state index in [1.54, 1.807) is 0 Å². The molecule has 0 heterocycles. The molecule has 2 heteroatoms. The van der Waals surface area contributed by atoms with Gasteiger partial charge >= 0.3 is 0 Å². The van der Waals surface area contributed by atoms with Crippen LogP contribution in [-0.4, -0.2) is 11.7 Å². The van der Waals surface area contributed by atoms with Crippen LogP contribution in [0.3, 0.4) is 0 Å². The van der Waals surface area contributed by atoms with E-state index in [4.69, 9.17) is 0 Å². The number of hydrogen-bond acceptors (Lipinski definition) is 2. The highest BCUT2D eigenvalue weighted by Gasteiger charge is 2.24.